The SMILES string of the molecule is NNc1nc(Sc2ccccc2Cl)nc(-n2cncn2)n1. The van der Waals surface area contributed by atoms with E-state index in [9.17, 15) is 0 Å². The third-order valence-electron chi connectivity index (χ3n) is 2.39. The lowest BCUT2D eigenvalue weighted by Gasteiger charge is -2.06. The van der Waals surface area contributed by atoms with Crippen LogP contribution in [0.2, 0.25) is 5.02 Å². The Hall–Kier alpha value is -2.23. The largest absolute Gasteiger partial charge is 0.292 e. The molecule has 0 atom stereocenters. The van der Waals surface area contributed by atoms with Crippen LogP contribution < -0.4 is 11.3 Å². The predicted octanol–water partition coefficient (Wildman–Crippen LogP) is 1.54. The number of aromatic nitrogens is 6. The molecule has 8 nitrogen and oxygen atoms in total. The van der Waals surface area contributed by atoms with Gasteiger partial charge >= 0.3 is 0 Å². The Balaban J connectivity index is 1.99. The van der Waals surface area contributed by atoms with E-state index in [2.05, 4.69) is 30.5 Å². The molecule has 0 bridgehead atoms. The summed E-state index contributed by atoms with van der Waals surface area (Å²) >= 11 is 7.43. The van der Waals surface area contributed by atoms with E-state index in [1.807, 2.05) is 18.2 Å². The Kier molecular flexibility index (Phi) is 3.95. The molecule has 1 aromatic carbocycles. The highest BCUT2D eigenvalue weighted by molar-refractivity contribution is 7.99. The Morgan fingerprint density at radius 3 is 2.76 bits per heavy atom. The molecular weight excluding hydrogens is 312 g/mol. The second kappa shape index (κ2) is 6.04. The van der Waals surface area contributed by atoms with Crippen LogP contribution in [-0.2, 0) is 0 Å². The molecule has 0 saturated heterocycles. The van der Waals surface area contributed by atoms with Gasteiger partial charge in [0.05, 0.1) is 5.02 Å². The summed E-state index contributed by atoms with van der Waals surface area (Å²) in [5.41, 5.74) is 2.40. The van der Waals surface area contributed by atoms with E-state index in [0.717, 1.165) is 4.90 Å². The fourth-order valence-electron chi connectivity index (χ4n) is 1.50. The smallest absolute Gasteiger partial charge is 0.257 e. The van der Waals surface area contributed by atoms with E-state index in [0.29, 0.717) is 16.1 Å². The number of nitrogens with zero attached hydrogens (tertiary/aromatic N) is 6. The number of hydrazine groups is 1. The van der Waals surface area contributed by atoms with Gasteiger partial charge in [-0.2, -0.15) is 24.7 Å². The monoisotopic (exact) mass is 320 g/mol. The minimum absolute atomic E-state index is 0.227. The molecule has 0 spiro atoms. The first-order valence-electron chi connectivity index (χ1n) is 5.76. The second-order valence-electron chi connectivity index (χ2n) is 3.76. The minimum Gasteiger partial charge on any atom is -0.292 e. The maximum Gasteiger partial charge on any atom is 0.257 e. The van der Waals surface area contributed by atoms with Gasteiger partial charge in [-0.15, -0.1) is 0 Å². The molecule has 0 amide bonds. The number of halogens is 1. The van der Waals surface area contributed by atoms with Gasteiger partial charge < -0.3 is 0 Å². The Labute approximate surface area is 128 Å². The average Bonchev–Trinajstić information content (AvgIpc) is 3.04. The topological polar surface area (TPSA) is 107 Å². The maximum atomic E-state index is 6.13. The second-order valence-corrected chi connectivity index (χ2v) is 5.17. The molecule has 2 aromatic heterocycles. The number of hydrogen-bond acceptors (Lipinski definition) is 8. The number of anilines is 1. The van der Waals surface area contributed by atoms with Crippen LogP contribution >= 0.6 is 23.4 Å². The number of nitrogens with two attached hydrogens (primary N) is 1. The lowest BCUT2D eigenvalue weighted by Crippen LogP contribution is -2.14. The molecule has 0 unspecified atom stereocenters. The van der Waals surface area contributed by atoms with Crippen molar-refractivity contribution in [1.82, 2.24) is 29.7 Å². The summed E-state index contributed by atoms with van der Waals surface area (Å²) in [6.07, 6.45) is 2.87. The Bertz CT molecular complexity index is 748. The van der Waals surface area contributed by atoms with E-state index in [4.69, 9.17) is 17.4 Å². The summed E-state index contributed by atoms with van der Waals surface area (Å²) in [7, 11) is 0. The fourth-order valence-corrected chi connectivity index (χ4v) is 2.52. The van der Waals surface area contributed by atoms with E-state index in [-0.39, 0.29) is 5.95 Å². The first-order valence-corrected chi connectivity index (χ1v) is 6.96. The number of hydrogen-bond donors (Lipinski definition) is 2. The van der Waals surface area contributed by atoms with Crippen molar-refractivity contribution < 1.29 is 0 Å². The molecule has 3 rings (SSSR count). The van der Waals surface area contributed by atoms with Gasteiger partial charge in [0.2, 0.25) is 5.95 Å². The van der Waals surface area contributed by atoms with E-state index >= 15 is 0 Å². The number of nitrogens with one attached hydrogen (secondary N) is 1. The van der Waals surface area contributed by atoms with E-state index < -0.39 is 0 Å². The number of benzene rings is 1. The van der Waals surface area contributed by atoms with E-state index in [1.165, 1.54) is 29.1 Å². The highest BCUT2D eigenvalue weighted by atomic mass is 35.5. The molecule has 106 valence electrons. The van der Waals surface area contributed by atoms with Gasteiger partial charge in [-0.05, 0) is 23.9 Å². The molecule has 0 fully saturated rings. The van der Waals surface area contributed by atoms with Crippen LogP contribution in [-0.4, -0.2) is 29.7 Å². The van der Waals surface area contributed by atoms with Crippen LogP contribution in [0.5, 0.6) is 0 Å². The minimum atomic E-state index is 0.227. The predicted molar refractivity (Wildman–Crippen MR) is 78.1 cm³/mol. The van der Waals surface area contributed by atoms with Crippen LogP contribution in [0.4, 0.5) is 5.95 Å². The highest BCUT2D eigenvalue weighted by Crippen LogP contribution is 2.31. The van der Waals surface area contributed by atoms with Gasteiger partial charge in [0, 0.05) is 4.90 Å². The van der Waals surface area contributed by atoms with Gasteiger partial charge in [-0.1, -0.05) is 23.7 Å². The molecule has 0 aliphatic rings. The number of rotatable bonds is 4. The van der Waals surface area contributed by atoms with Crippen LogP contribution in [0, 0.1) is 0 Å². The van der Waals surface area contributed by atoms with Crippen LogP contribution in [0.1, 0.15) is 0 Å². The Morgan fingerprint density at radius 2 is 2.05 bits per heavy atom. The quantitative estimate of drug-likeness (QED) is 0.550. The molecular formula is C11H9ClN8S. The Morgan fingerprint density at radius 1 is 1.19 bits per heavy atom. The van der Waals surface area contributed by atoms with Gasteiger partial charge in [0.15, 0.2) is 5.16 Å². The van der Waals surface area contributed by atoms with Crippen molar-refractivity contribution in [2.24, 2.45) is 5.84 Å². The molecule has 3 N–H and O–H groups in total. The lowest BCUT2D eigenvalue weighted by atomic mass is 10.4. The van der Waals surface area contributed by atoms with Crippen molar-refractivity contribution in [2.45, 2.75) is 10.1 Å². The fraction of sp³-hybridized carbons (Fsp3) is 0. The molecule has 2 heterocycles. The number of nitrogen functional groups attached to an aromatic ring is 1. The van der Waals surface area contributed by atoms with Gasteiger partial charge in [0.1, 0.15) is 12.7 Å². The molecule has 0 aliphatic heterocycles. The summed E-state index contributed by atoms with van der Waals surface area (Å²) in [4.78, 5) is 17.3. The summed E-state index contributed by atoms with van der Waals surface area (Å²) in [5, 5.41) is 5.04. The molecule has 3 aromatic rings. The summed E-state index contributed by atoms with van der Waals surface area (Å²) in [6.45, 7) is 0. The van der Waals surface area contributed by atoms with Gasteiger partial charge in [-0.25, -0.2) is 10.8 Å². The third-order valence-corrected chi connectivity index (χ3v) is 3.78. The van der Waals surface area contributed by atoms with Crippen molar-refractivity contribution in [3.8, 4) is 5.95 Å². The van der Waals surface area contributed by atoms with Crippen molar-refractivity contribution in [1.29, 1.82) is 0 Å². The lowest BCUT2D eigenvalue weighted by molar-refractivity contribution is 0.759. The van der Waals surface area contributed by atoms with E-state index in [1.54, 1.807) is 6.07 Å². The summed E-state index contributed by atoms with van der Waals surface area (Å²) < 4.78 is 1.42. The molecule has 0 radical (unpaired) electrons. The third kappa shape index (κ3) is 3.10. The molecule has 10 heteroatoms. The molecule has 0 aliphatic carbocycles. The van der Waals surface area contributed by atoms with Crippen LogP contribution in [0.3, 0.4) is 0 Å². The van der Waals surface area contributed by atoms with Crippen molar-refractivity contribution in [3.05, 3.63) is 41.9 Å². The standard InChI is InChI=1S/C11H9ClN8S/c12-7-3-1-2-4-8(7)21-11-17-9(19-13)16-10(18-11)20-6-14-5-15-20/h1-6H,13H2,(H,16,17,18,19). The molecule has 21 heavy (non-hydrogen) atoms. The van der Waals surface area contributed by atoms with Crippen molar-refractivity contribution >= 4 is 29.3 Å². The zero-order valence-electron chi connectivity index (χ0n) is 10.5. The summed E-state index contributed by atoms with van der Waals surface area (Å²) in [5.74, 6) is 5.92. The zero-order valence-corrected chi connectivity index (χ0v) is 12.1. The maximum absolute atomic E-state index is 6.13. The van der Waals surface area contributed by atoms with Gasteiger partial charge in [-0.3, -0.25) is 5.43 Å². The van der Waals surface area contributed by atoms with Crippen molar-refractivity contribution in [3.63, 3.8) is 0 Å². The average molecular weight is 321 g/mol. The highest BCUT2D eigenvalue weighted by Gasteiger charge is 2.11. The van der Waals surface area contributed by atoms with Gasteiger partial charge in [0.25, 0.3) is 5.95 Å². The first-order chi connectivity index (χ1) is 10.3. The first kappa shape index (κ1) is 13.7. The van der Waals surface area contributed by atoms with Crippen molar-refractivity contribution in [2.75, 3.05) is 5.43 Å². The van der Waals surface area contributed by atoms with Crippen LogP contribution in [0.25, 0.3) is 5.95 Å². The van der Waals surface area contributed by atoms with Crippen LogP contribution in [0.15, 0.2) is 47.0 Å². The zero-order chi connectivity index (χ0) is 14.7. The summed E-state index contributed by atoms with van der Waals surface area (Å²) in [6, 6.07) is 7.41. The molecule has 0 saturated carbocycles. The normalized spacial score (nSPS) is 10.6.